The maximum absolute atomic E-state index is 6.06. The van der Waals surface area contributed by atoms with Gasteiger partial charge in [0.25, 0.3) is 0 Å². The monoisotopic (exact) mass is 272 g/mol. The van der Waals surface area contributed by atoms with Crippen molar-refractivity contribution < 1.29 is 0 Å². The molecule has 2 aromatic rings. The number of nitrogens with one attached hydrogen (secondary N) is 1. The highest BCUT2D eigenvalue weighted by atomic mass is 35.5. The minimum Gasteiger partial charge on any atom is -0.357 e. The van der Waals surface area contributed by atoms with Gasteiger partial charge >= 0.3 is 0 Å². The largest absolute Gasteiger partial charge is 0.357 e. The maximum atomic E-state index is 6.06. The molecule has 1 aromatic heterocycles. The first-order valence-electron chi connectivity index (χ1n) is 4.76. The van der Waals surface area contributed by atoms with E-state index in [1.807, 2.05) is 31.3 Å². The summed E-state index contributed by atoms with van der Waals surface area (Å²) in [5.74, 6) is 0. The van der Waals surface area contributed by atoms with Crippen LogP contribution in [0.1, 0.15) is 10.4 Å². The lowest BCUT2D eigenvalue weighted by molar-refractivity contribution is 1.13. The molecule has 0 aliphatic carbocycles. The molecule has 1 N–H and O–H groups in total. The molecule has 0 bridgehead atoms. The van der Waals surface area contributed by atoms with Gasteiger partial charge in [0.15, 0.2) is 5.13 Å². The summed E-state index contributed by atoms with van der Waals surface area (Å²) in [5.41, 5.74) is 0.902. The van der Waals surface area contributed by atoms with Crippen LogP contribution in [0.3, 0.4) is 0 Å². The van der Waals surface area contributed by atoms with Crippen LogP contribution in [0.2, 0.25) is 10.0 Å². The zero-order chi connectivity index (χ0) is 11.5. The van der Waals surface area contributed by atoms with E-state index in [4.69, 9.17) is 23.2 Å². The minimum atomic E-state index is 0.589. The minimum absolute atomic E-state index is 0.589. The van der Waals surface area contributed by atoms with Gasteiger partial charge in [0.1, 0.15) is 0 Å². The van der Waals surface area contributed by atoms with Crippen LogP contribution in [0.25, 0.3) is 0 Å². The predicted octanol–water partition coefficient (Wildman–Crippen LogP) is 4.37. The third kappa shape index (κ3) is 2.67. The van der Waals surface area contributed by atoms with Crippen molar-refractivity contribution >= 4 is 39.7 Å². The van der Waals surface area contributed by atoms with Gasteiger partial charge in [0, 0.05) is 33.2 Å². The highest BCUT2D eigenvalue weighted by Gasteiger charge is 2.05. The van der Waals surface area contributed by atoms with Gasteiger partial charge in [-0.25, -0.2) is 4.98 Å². The molecule has 0 fully saturated rings. The quantitative estimate of drug-likeness (QED) is 0.898. The second-order valence-electron chi connectivity index (χ2n) is 3.33. The second kappa shape index (κ2) is 5.04. The van der Waals surface area contributed by atoms with E-state index in [2.05, 4.69) is 10.3 Å². The van der Waals surface area contributed by atoms with Crippen molar-refractivity contribution in [1.82, 2.24) is 4.98 Å². The number of hydrogen-bond donors (Lipinski definition) is 1. The molecule has 0 amide bonds. The lowest BCUT2D eigenvalue weighted by Gasteiger charge is -2.07. The van der Waals surface area contributed by atoms with Crippen molar-refractivity contribution in [3.05, 3.63) is 44.9 Å². The molecule has 0 aliphatic heterocycles. The van der Waals surface area contributed by atoms with Crippen LogP contribution in [0, 0.1) is 6.92 Å². The maximum Gasteiger partial charge on any atom is 0.183 e. The lowest BCUT2D eigenvalue weighted by Crippen LogP contribution is -2.00. The van der Waals surface area contributed by atoms with Crippen LogP contribution in [0.15, 0.2) is 24.4 Å². The number of hydrogen-bond acceptors (Lipinski definition) is 3. The summed E-state index contributed by atoms with van der Waals surface area (Å²) < 4.78 is 0. The number of thiazole rings is 1. The van der Waals surface area contributed by atoms with Crippen LogP contribution in [0.4, 0.5) is 5.13 Å². The number of nitrogens with zero attached hydrogens (tertiary/aromatic N) is 1. The predicted molar refractivity (Wildman–Crippen MR) is 70.6 cm³/mol. The van der Waals surface area contributed by atoms with E-state index < -0.39 is 0 Å². The van der Waals surface area contributed by atoms with Crippen molar-refractivity contribution in [1.29, 1.82) is 0 Å². The number of benzene rings is 1. The molecule has 1 aromatic carbocycles. The van der Waals surface area contributed by atoms with Crippen LogP contribution in [-0.4, -0.2) is 4.98 Å². The molecule has 0 aliphatic rings. The Morgan fingerprint density at radius 2 is 2.00 bits per heavy atom. The van der Waals surface area contributed by atoms with Crippen molar-refractivity contribution in [3.63, 3.8) is 0 Å². The molecule has 84 valence electrons. The Morgan fingerprint density at radius 3 is 2.56 bits per heavy atom. The van der Waals surface area contributed by atoms with E-state index in [1.165, 1.54) is 4.88 Å². The van der Waals surface area contributed by atoms with Crippen LogP contribution < -0.4 is 5.32 Å². The first kappa shape index (κ1) is 11.7. The fourth-order valence-corrected chi connectivity index (χ4v) is 2.49. The third-order valence-electron chi connectivity index (χ3n) is 2.10. The number of aryl methyl sites for hydroxylation is 1. The Labute approximate surface area is 108 Å². The first-order chi connectivity index (χ1) is 7.66. The molecule has 16 heavy (non-hydrogen) atoms. The third-order valence-corrected chi connectivity index (χ3v) is 3.68. The van der Waals surface area contributed by atoms with E-state index in [0.717, 1.165) is 10.7 Å². The smallest absolute Gasteiger partial charge is 0.183 e. The highest BCUT2D eigenvalue weighted by Crippen LogP contribution is 2.26. The average molecular weight is 273 g/mol. The number of aromatic nitrogens is 1. The molecule has 2 rings (SSSR count). The van der Waals surface area contributed by atoms with E-state index in [0.29, 0.717) is 16.6 Å². The zero-order valence-electron chi connectivity index (χ0n) is 8.63. The van der Waals surface area contributed by atoms with Crippen LogP contribution >= 0.6 is 34.5 Å². The van der Waals surface area contributed by atoms with Gasteiger partial charge in [-0.1, -0.05) is 29.3 Å². The van der Waals surface area contributed by atoms with Crippen LogP contribution in [-0.2, 0) is 6.54 Å². The van der Waals surface area contributed by atoms with Gasteiger partial charge in [-0.3, -0.25) is 0 Å². The molecule has 0 radical (unpaired) electrons. The van der Waals surface area contributed by atoms with Gasteiger partial charge in [-0.15, -0.1) is 11.3 Å². The fourth-order valence-electron chi connectivity index (χ4n) is 1.30. The second-order valence-corrected chi connectivity index (χ2v) is 5.38. The molecule has 0 spiro atoms. The van der Waals surface area contributed by atoms with Crippen molar-refractivity contribution in [3.8, 4) is 0 Å². The molecule has 1 heterocycles. The van der Waals surface area contributed by atoms with E-state index in [9.17, 15) is 0 Å². The van der Waals surface area contributed by atoms with Gasteiger partial charge in [0.2, 0.25) is 0 Å². The highest BCUT2D eigenvalue weighted by molar-refractivity contribution is 7.15. The topological polar surface area (TPSA) is 24.9 Å². The van der Waals surface area contributed by atoms with Gasteiger partial charge in [-0.2, -0.15) is 0 Å². The van der Waals surface area contributed by atoms with E-state index in [1.54, 1.807) is 11.3 Å². The summed E-state index contributed by atoms with van der Waals surface area (Å²) in [4.78, 5) is 5.39. The van der Waals surface area contributed by atoms with Crippen molar-refractivity contribution in [2.75, 3.05) is 5.32 Å². The summed E-state index contributed by atoms with van der Waals surface area (Å²) in [6.07, 6.45) is 1.83. The van der Waals surface area contributed by atoms with Crippen molar-refractivity contribution in [2.45, 2.75) is 13.5 Å². The first-order valence-corrected chi connectivity index (χ1v) is 6.33. The molecule has 0 saturated carbocycles. The SMILES string of the molecule is Cc1cnc(NCc2c(Cl)cccc2Cl)s1. The fraction of sp³-hybridized carbons (Fsp3) is 0.182. The summed E-state index contributed by atoms with van der Waals surface area (Å²) in [6.45, 7) is 2.61. The Bertz CT molecular complexity index is 476. The number of rotatable bonds is 3. The summed E-state index contributed by atoms with van der Waals surface area (Å²) in [7, 11) is 0. The van der Waals surface area contributed by atoms with Gasteiger partial charge in [-0.05, 0) is 19.1 Å². The van der Waals surface area contributed by atoms with E-state index >= 15 is 0 Å². The molecule has 2 nitrogen and oxygen atoms in total. The molecule has 0 saturated heterocycles. The number of anilines is 1. The average Bonchev–Trinajstić information content (AvgIpc) is 2.63. The summed E-state index contributed by atoms with van der Waals surface area (Å²) in [5, 5.41) is 5.43. The molecule has 0 unspecified atom stereocenters. The summed E-state index contributed by atoms with van der Waals surface area (Å²) in [6, 6.07) is 5.50. The molecular formula is C11H10Cl2N2S. The summed E-state index contributed by atoms with van der Waals surface area (Å²) >= 11 is 13.7. The lowest BCUT2D eigenvalue weighted by atomic mass is 10.2. The Morgan fingerprint density at radius 1 is 1.31 bits per heavy atom. The Balaban J connectivity index is 2.10. The Kier molecular flexibility index (Phi) is 3.69. The Hall–Kier alpha value is -0.770. The van der Waals surface area contributed by atoms with Crippen LogP contribution in [0.5, 0.6) is 0 Å². The van der Waals surface area contributed by atoms with Gasteiger partial charge < -0.3 is 5.32 Å². The molecule has 0 atom stereocenters. The molecular weight excluding hydrogens is 263 g/mol. The van der Waals surface area contributed by atoms with E-state index in [-0.39, 0.29) is 0 Å². The molecule has 5 heteroatoms. The standard InChI is InChI=1S/C11H10Cl2N2S/c1-7-5-14-11(16-7)15-6-8-9(12)3-2-4-10(8)13/h2-5H,6H2,1H3,(H,14,15). The normalized spacial score (nSPS) is 10.4. The van der Waals surface area contributed by atoms with Crippen molar-refractivity contribution in [2.24, 2.45) is 0 Å². The number of halogens is 2. The van der Waals surface area contributed by atoms with Gasteiger partial charge in [0.05, 0.1) is 0 Å². The zero-order valence-corrected chi connectivity index (χ0v) is 11.0.